The van der Waals surface area contributed by atoms with Crippen molar-refractivity contribution < 1.29 is 9.47 Å². The van der Waals surface area contributed by atoms with E-state index in [1.165, 1.54) is 0 Å². The third-order valence-corrected chi connectivity index (χ3v) is 4.29. The van der Waals surface area contributed by atoms with Gasteiger partial charge in [-0.25, -0.2) is 0 Å². The summed E-state index contributed by atoms with van der Waals surface area (Å²) in [5.41, 5.74) is 1.16. The first-order valence-electron chi connectivity index (χ1n) is 8.34. The van der Waals surface area contributed by atoms with Gasteiger partial charge in [-0.1, -0.05) is 41.9 Å². The first kappa shape index (κ1) is 20.6. The van der Waals surface area contributed by atoms with Crippen LogP contribution in [-0.2, 0) is 0 Å². The fourth-order valence-corrected chi connectivity index (χ4v) is 2.93. The lowest BCUT2D eigenvalue weighted by molar-refractivity contribution is 0.261. The highest BCUT2D eigenvalue weighted by Gasteiger charge is 2.21. The van der Waals surface area contributed by atoms with Gasteiger partial charge in [-0.05, 0) is 18.2 Å². The minimum absolute atomic E-state index is 0. The van der Waals surface area contributed by atoms with E-state index < -0.39 is 0 Å². The van der Waals surface area contributed by atoms with Crippen molar-refractivity contribution >= 4 is 41.5 Å². The molecule has 2 aromatic rings. The zero-order valence-electron chi connectivity index (χ0n) is 14.6. The van der Waals surface area contributed by atoms with Crippen molar-refractivity contribution in [2.45, 2.75) is 12.5 Å². The molecule has 5 nitrogen and oxygen atoms in total. The molecule has 140 valence electrons. The Morgan fingerprint density at radius 1 is 1.23 bits per heavy atom. The number of hydrogen-bond donors (Lipinski definition) is 2. The van der Waals surface area contributed by atoms with Gasteiger partial charge in [0.25, 0.3) is 0 Å². The van der Waals surface area contributed by atoms with Crippen LogP contribution in [0.1, 0.15) is 18.0 Å². The Balaban J connectivity index is 0.00000243. The van der Waals surface area contributed by atoms with Gasteiger partial charge in [0.1, 0.15) is 18.1 Å². The SMILES string of the molecule is CN=C(NCCOc1ccccc1Cl)NC1CCOc2ccccc21.I. The maximum atomic E-state index is 6.08. The van der Waals surface area contributed by atoms with Crippen LogP contribution in [0.2, 0.25) is 5.02 Å². The third-order valence-electron chi connectivity index (χ3n) is 3.98. The summed E-state index contributed by atoms with van der Waals surface area (Å²) in [4.78, 5) is 4.29. The molecule has 0 radical (unpaired) electrons. The molecule has 0 saturated heterocycles. The molecule has 1 aliphatic heterocycles. The van der Waals surface area contributed by atoms with Crippen molar-refractivity contribution in [2.75, 3.05) is 26.8 Å². The molecule has 0 aromatic heterocycles. The number of nitrogens with zero attached hydrogens (tertiary/aromatic N) is 1. The number of aliphatic imine (C=N–C) groups is 1. The average Bonchev–Trinajstić information content (AvgIpc) is 2.65. The standard InChI is InChI=1S/C19H22ClN3O2.HI/c1-21-19(22-11-13-25-18-9-5-3-7-15(18)20)23-16-10-12-24-17-8-4-2-6-14(16)17;/h2-9,16H,10-13H2,1H3,(H2,21,22,23);1H. The van der Waals surface area contributed by atoms with E-state index in [0.29, 0.717) is 30.5 Å². The lowest BCUT2D eigenvalue weighted by atomic mass is 10.0. The molecule has 26 heavy (non-hydrogen) atoms. The van der Waals surface area contributed by atoms with Gasteiger partial charge in [0, 0.05) is 19.0 Å². The zero-order valence-corrected chi connectivity index (χ0v) is 17.7. The topological polar surface area (TPSA) is 54.9 Å². The van der Waals surface area contributed by atoms with Crippen LogP contribution in [0.5, 0.6) is 11.5 Å². The second-order valence-electron chi connectivity index (χ2n) is 5.65. The van der Waals surface area contributed by atoms with Crippen molar-refractivity contribution in [1.29, 1.82) is 0 Å². The summed E-state index contributed by atoms with van der Waals surface area (Å²) in [6.07, 6.45) is 0.897. The van der Waals surface area contributed by atoms with Crippen LogP contribution in [0.3, 0.4) is 0 Å². The largest absolute Gasteiger partial charge is 0.493 e. The Hall–Kier alpha value is -1.67. The lowest BCUT2D eigenvalue weighted by Gasteiger charge is -2.28. The normalized spacial score (nSPS) is 15.9. The molecule has 1 atom stereocenters. The highest BCUT2D eigenvalue weighted by atomic mass is 127. The Bertz CT molecular complexity index is 742. The number of rotatable bonds is 5. The highest BCUT2D eigenvalue weighted by Crippen LogP contribution is 2.31. The Kier molecular flexibility index (Phi) is 8.31. The summed E-state index contributed by atoms with van der Waals surface area (Å²) >= 11 is 6.08. The van der Waals surface area contributed by atoms with Gasteiger partial charge >= 0.3 is 0 Å². The molecular weight excluding hydrogens is 465 g/mol. The predicted molar refractivity (Wildman–Crippen MR) is 116 cm³/mol. The van der Waals surface area contributed by atoms with Crippen molar-refractivity contribution in [2.24, 2.45) is 4.99 Å². The van der Waals surface area contributed by atoms with E-state index >= 15 is 0 Å². The molecule has 0 saturated carbocycles. The molecule has 0 amide bonds. The van der Waals surface area contributed by atoms with E-state index in [9.17, 15) is 0 Å². The van der Waals surface area contributed by atoms with Crippen molar-refractivity contribution in [3.8, 4) is 11.5 Å². The Morgan fingerprint density at radius 3 is 2.81 bits per heavy atom. The van der Waals surface area contributed by atoms with Gasteiger partial charge in [0.2, 0.25) is 0 Å². The number of ether oxygens (including phenoxy) is 2. The van der Waals surface area contributed by atoms with Gasteiger partial charge in [0.15, 0.2) is 5.96 Å². The fraction of sp³-hybridized carbons (Fsp3) is 0.316. The summed E-state index contributed by atoms with van der Waals surface area (Å²) in [5.74, 6) is 2.36. The number of guanidine groups is 1. The van der Waals surface area contributed by atoms with Crippen LogP contribution in [0.4, 0.5) is 0 Å². The molecule has 0 spiro atoms. The van der Waals surface area contributed by atoms with E-state index in [1.54, 1.807) is 7.05 Å². The molecule has 2 aromatic carbocycles. The summed E-state index contributed by atoms with van der Waals surface area (Å²) in [7, 11) is 1.76. The number of benzene rings is 2. The smallest absolute Gasteiger partial charge is 0.191 e. The number of nitrogens with one attached hydrogen (secondary N) is 2. The van der Waals surface area contributed by atoms with Crippen molar-refractivity contribution in [3.05, 3.63) is 59.1 Å². The number of hydrogen-bond acceptors (Lipinski definition) is 3. The quantitative estimate of drug-likeness (QED) is 0.289. The van der Waals surface area contributed by atoms with E-state index in [2.05, 4.69) is 21.7 Å². The molecular formula is C19H23ClIN3O2. The number of halogens is 2. The lowest BCUT2D eigenvalue weighted by Crippen LogP contribution is -2.42. The summed E-state index contributed by atoms with van der Waals surface area (Å²) in [5, 5.41) is 7.33. The Labute approximate surface area is 176 Å². The van der Waals surface area contributed by atoms with Crippen LogP contribution in [0.25, 0.3) is 0 Å². The molecule has 0 fully saturated rings. The molecule has 3 rings (SSSR count). The molecule has 1 unspecified atom stereocenters. The monoisotopic (exact) mass is 487 g/mol. The van der Waals surface area contributed by atoms with Gasteiger partial charge < -0.3 is 20.1 Å². The van der Waals surface area contributed by atoms with Crippen LogP contribution < -0.4 is 20.1 Å². The minimum atomic E-state index is 0. The molecule has 0 aliphatic carbocycles. The summed E-state index contributed by atoms with van der Waals surface area (Å²) in [6.45, 7) is 1.81. The zero-order chi connectivity index (χ0) is 17.5. The maximum Gasteiger partial charge on any atom is 0.191 e. The molecule has 7 heteroatoms. The first-order valence-corrected chi connectivity index (χ1v) is 8.72. The van der Waals surface area contributed by atoms with Crippen LogP contribution in [0.15, 0.2) is 53.5 Å². The first-order chi connectivity index (χ1) is 12.3. The van der Waals surface area contributed by atoms with Gasteiger partial charge in [0.05, 0.1) is 24.2 Å². The third kappa shape index (κ3) is 5.41. The molecule has 1 heterocycles. The highest BCUT2D eigenvalue weighted by molar-refractivity contribution is 14.0. The summed E-state index contributed by atoms with van der Waals surface area (Å²) < 4.78 is 11.4. The van der Waals surface area contributed by atoms with Gasteiger partial charge in [-0.2, -0.15) is 0 Å². The van der Waals surface area contributed by atoms with E-state index in [4.69, 9.17) is 21.1 Å². The van der Waals surface area contributed by atoms with Gasteiger partial charge in [-0.3, -0.25) is 4.99 Å². The number of fused-ring (bicyclic) bond motifs is 1. The van der Waals surface area contributed by atoms with Crippen molar-refractivity contribution in [3.63, 3.8) is 0 Å². The van der Waals surface area contributed by atoms with E-state index in [1.807, 2.05) is 42.5 Å². The fourth-order valence-electron chi connectivity index (χ4n) is 2.74. The second kappa shape index (κ2) is 10.5. The maximum absolute atomic E-state index is 6.08. The van der Waals surface area contributed by atoms with Gasteiger partial charge in [-0.15, -0.1) is 24.0 Å². The van der Waals surface area contributed by atoms with Crippen LogP contribution in [0, 0.1) is 0 Å². The van der Waals surface area contributed by atoms with E-state index in [0.717, 1.165) is 23.7 Å². The minimum Gasteiger partial charge on any atom is -0.493 e. The summed E-state index contributed by atoms with van der Waals surface area (Å²) in [6, 6.07) is 15.7. The molecule has 2 N–H and O–H groups in total. The van der Waals surface area contributed by atoms with Crippen molar-refractivity contribution in [1.82, 2.24) is 10.6 Å². The number of para-hydroxylation sites is 2. The van der Waals surface area contributed by atoms with E-state index in [-0.39, 0.29) is 30.0 Å². The second-order valence-corrected chi connectivity index (χ2v) is 6.06. The molecule has 1 aliphatic rings. The molecule has 0 bridgehead atoms. The van der Waals surface area contributed by atoms with Crippen LogP contribution >= 0.6 is 35.6 Å². The predicted octanol–water partition coefficient (Wildman–Crippen LogP) is 4.03. The average molecular weight is 488 g/mol. The van der Waals surface area contributed by atoms with Crippen LogP contribution in [-0.4, -0.2) is 32.8 Å². The Morgan fingerprint density at radius 2 is 2.00 bits per heavy atom.